The first-order valence-corrected chi connectivity index (χ1v) is 9.80. The van der Waals surface area contributed by atoms with Crippen LogP contribution >= 0.6 is 0 Å². The largest absolute Gasteiger partial charge is 0.511 e. The summed E-state index contributed by atoms with van der Waals surface area (Å²) in [6.07, 6.45) is 2.28. The SMILES string of the molecule is CCON=C(CC)C1=C(O)CC(c2c(C)c(C)c3c(c2C)CCO3)CC1=O. The monoisotopic (exact) mass is 371 g/mol. The first-order valence-electron chi connectivity index (χ1n) is 9.80. The third-order valence-electron chi connectivity index (χ3n) is 5.81. The Morgan fingerprint density at radius 2 is 1.93 bits per heavy atom. The lowest BCUT2D eigenvalue weighted by Crippen LogP contribution is -2.25. The van der Waals surface area contributed by atoms with E-state index in [0.29, 0.717) is 43.8 Å². The molecule has 0 aromatic heterocycles. The predicted molar refractivity (Wildman–Crippen MR) is 106 cm³/mol. The minimum absolute atomic E-state index is 0.0175. The lowest BCUT2D eigenvalue weighted by atomic mass is 9.76. The number of benzene rings is 1. The van der Waals surface area contributed by atoms with E-state index in [9.17, 15) is 9.90 Å². The summed E-state index contributed by atoms with van der Waals surface area (Å²) in [4.78, 5) is 18.0. The Balaban J connectivity index is 2.01. The average Bonchev–Trinajstić information content (AvgIpc) is 3.12. The maximum absolute atomic E-state index is 12.9. The minimum Gasteiger partial charge on any atom is -0.511 e. The van der Waals surface area contributed by atoms with Gasteiger partial charge in [-0.2, -0.15) is 0 Å². The third-order valence-corrected chi connectivity index (χ3v) is 5.81. The topological polar surface area (TPSA) is 68.1 Å². The van der Waals surface area contributed by atoms with Crippen LogP contribution in [0.1, 0.15) is 66.8 Å². The van der Waals surface area contributed by atoms with Crippen molar-refractivity contribution >= 4 is 11.5 Å². The highest BCUT2D eigenvalue weighted by molar-refractivity contribution is 6.23. The number of aliphatic hydroxyl groups excluding tert-OH is 1. The molecule has 27 heavy (non-hydrogen) atoms. The number of hydrogen-bond acceptors (Lipinski definition) is 5. The number of hydrogen-bond donors (Lipinski definition) is 1. The Labute approximate surface area is 161 Å². The Morgan fingerprint density at radius 3 is 2.56 bits per heavy atom. The number of allylic oxidation sites excluding steroid dienone is 2. The van der Waals surface area contributed by atoms with Gasteiger partial charge in [0.15, 0.2) is 5.78 Å². The fourth-order valence-electron chi connectivity index (χ4n) is 4.43. The van der Waals surface area contributed by atoms with E-state index in [0.717, 1.165) is 17.7 Å². The smallest absolute Gasteiger partial charge is 0.168 e. The van der Waals surface area contributed by atoms with Gasteiger partial charge in [0.25, 0.3) is 0 Å². The number of ketones is 1. The molecule has 1 aliphatic carbocycles. The number of carbonyl (C=O) groups is 1. The molecule has 1 aromatic rings. The summed E-state index contributed by atoms with van der Waals surface area (Å²) in [7, 11) is 0. The molecule has 1 heterocycles. The molecule has 1 aliphatic heterocycles. The van der Waals surface area contributed by atoms with Crippen molar-refractivity contribution in [2.75, 3.05) is 13.2 Å². The van der Waals surface area contributed by atoms with Crippen LogP contribution in [0, 0.1) is 20.8 Å². The van der Waals surface area contributed by atoms with Gasteiger partial charge < -0.3 is 14.7 Å². The van der Waals surface area contributed by atoms with Crippen LogP contribution in [0.4, 0.5) is 0 Å². The van der Waals surface area contributed by atoms with Gasteiger partial charge in [-0.3, -0.25) is 4.79 Å². The molecule has 2 aliphatic rings. The number of ether oxygens (including phenoxy) is 1. The van der Waals surface area contributed by atoms with Gasteiger partial charge >= 0.3 is 0 Å². The Morgan fingerprint density at radius 1 is 1.19 bits per heavy atom. The van der Waals surface area contributed by atoms with Crippen molar-refractivity contribution in [3.8, 4) is 5.75 Å². The zero-order valence-corrected chi connectivity index (χ0v) is 16.9. The molecule has 0 spiro atoms. The highest BCUT2D eigenvalue weighted by atomic mass is 16.6. The summed E-state index contributed by atoms with van der Waals surface area (Å²) in [5.74, 6) is 1.06. The lowest BCUT2D eigenvalue weighted by Gasteiger charge is -2.28. The van der Waals surface area contributed by atoms with Crippen LogP contribution in [0.5, 0.6) is 5.75 Å². The second-order valence-electron chi connectivity index (χ2n) is 7.35. The van der Waals surface area contributed by atoms with Gasteiger partial charge in [-0.05, 0) is 62.3 Å². The second kappa shape index (κ2) is 7.75. The van der Waals surface area contributed by atoms with Crippen molar-refractivity contribution in [1.82, 2.24) is 0 Å². The number of nitrogens with zero attached hydrogens (tertiary/aromatic N) is 1. The zero-order chi connectivity index (χ0) is 19.7. The summed E-state index contributed by atoms with van der Waals surface area (Å²) in [6, 6.07) is 0. The highest BCUT2D eigenvalue weighted by Gasteiger charge is 2.34. The molecule has 0 saturated carbocycles. The average molecular weight is 371 g/mol. The maximum Gasteiger partial charge on any atom is 0.168 e. The van der Waals surface area contributed by atoms with Crippen LogP contribution in [0.25, 0.3) is 0 Å². The van der Waals surface area contributed by atoms with Crippen LogP contribution in [-0.2, 0) is 16.1 Å². The number of oxime groups is 1. The lowest BCUT2D eigenvalue weighted by molar-refractivity contribution is -0.116. The molecule has 1 N–H and O–H groups in total. The first kappa shape index (κ1) is 19.5. The Bertz CT molecular complexity index is 835. The van der Waals surface area contributed by atoms with E-state index in [1.807, 2.05) is 13.8 Å². The van der Waals surface area contributed by atoms with Crippen molar-refractivity contribution in [3.05, 3.63) is 39.1 Å². The van der Waals surface area contributed by atoms with Crippen LogP contribution in [-0.4, -0.2) is 29.8 Å². The van der Waals surface area contributed by atoms with E-state index in [1.54, 1.807) is 0 Å². The van der Waals surface area contributed by atoms with Crippen molar-refractivity contribution in [1.29, 1.82) is 0 Å². The third kappa shape index (κ3) is 3.35. The Kier molecular flexibility index (Phi) is 5.59. The fraction of sp³-hybridized carbons (Fsp3) is 0.545. The molecule has 0 saturated heterocycles. The van der Waals surface area contributed by atoms with Crippen molar-refractivity contribution in [2.24, 2.45) is 5.16 Å². The summed E-state index contributed by atoms with van der Waals surface area (Å²) in [5, 5.41) is 14.8. The number of Topliss-reactive ketones (excluding diaryl/α,β-unsaturated/α-hetero) is 1. The van der Waals surface area contributed by atoms with Crippen molar-refractivity contribution in [3.63, 3.8) is 0 Å². The van der Waals surface area contributed by atoms with Gasteiger partial charge in [-0.25, -0.2) is 0 Å². The van der Waals surface area contributed by atoms with Crippen LogP contribution in [0.15, 0.2) is 16.5 Å². The van der Waals surface area contributed by atoms with E-state index in [1.165, 1.54) is 22.3 Å². The summed E-state index contributed by atoms with van der Waals surface area (Å²) < 4.78 is 5.82. The molecule has 0 amide bonds. The number of rotatable bonds is 5. The normalized spacial score (nSPS) is 20.0. The Hall–Kier alpha value is -2.30. The fourth-order valence-corrected chi connectivity index (χ4v) is 4.43. The van der Waals surface area contributed by atoms with Crippen molar-refractivity contribution in [2.45, 2.75) is 66.2 Å². The molecule has 0 radical (unpaired) electrons. The van der Waals surface area contributed by atoms with Crippen LogP contribution < -0.4 is 4.74 Å². The van der Waals surface area contributed by atoms with Gasteiger partial charge in [0, 0.05) is 24.8 Å². The molecule has 1 aromatic carbocycles. The molecule has 1 atom stereocenters. The maximum atomic E-state index is 12.9. The van der Waals surface area contributed by atoms with Gasteiger partial charge in [-0.15, -0.1) is 0 Å². The zero-order valence-electron chi connectivity index (χ0n) is 16.9. The van der Waals surface area contributed by atoms with E-state index in [-0.39, 0.29) is 17.5 Å². The van der Waals surface area contributed by atoms with Crippen molar-refractivity contribution < 1.29 is 19.5 Å². The predicted octanol–water partition coefficient (Wildman–Crippen LogP) is 4.61. The van der Waals surface area contributed by atoms with Gasteiger partial charge in [0.1, 0.15) is 18.1 Å². The number of aliphatic hydroxyl groups is 1. The molecule has 5 nitrogen and oxygen atoms in total. The molecular formula is C22H29NO4. The number of fused-ring (bicyclic) bond motifs is 1. The van der Waals surface area contributed by atoms with E-state index in [4.69, 9.17) is 9.57 Å². The first-order chi connectivity index (χ1) is 12.9. The molecule has 0 bridgehead atoms. The molecular weight excluding hydrogens is 342 g/mol. The standard InChI is InChI=1S/C22H29NO4/c1-6-17(23-27-7-2)21-18(24)10-15(11-19(21)25)20-12(3)13(4)22-16(14(20)5)8-9-26-22/h15,24H,6-11H2,1-5H3. The van der Waals surface area contributed by atoms with E-state index >= 15 is 0 Å². The van der Waals surface area contributed by atoms with Gasteiger partial charge in [-0.1, -0.05) is 12.1 Å². The summed E-state index contributed by atoms with van der Waals surface area (Å²) >= 11 is 0. The second-order valence-corrected chi connectivity index (χ2v) is 7.35. The highest BCUT2D eigenvalue weighted by Crippen LogP contribution is 2.44. The molecule has 0 fully saturated rings. The number of carbonyl (C=O) groups excluding carboxylic acids is 1. The van der Waals surface area contributed by atoms with Gasteiger partial charge in [0.05, 0.1) is 17.9 Å². The molecule has 146 valence electrons. The molecule has 3 rings (SSSR count). The van der Waals surface area contributed by atoms with Gasteiger partial charge in [0.2, 0.25) is 0 Å². The quantitative estimate of drug-likeness (QED) is 0.606. The summed E-state index contributed by atoms with van der Waals surface area (Å²) in [5.41, 5.74) is 6.84. The summed E-state index contributed by atoms with van der Waals surface area (Å²) in [6.45, 7) is 11.2. The van der Waals surface area contributed by atoms with Crippen LogP contribution in [0.3, 0.4) is 0 Å². The van der Waals surface area contributed by atoms with Crippen LogP contribution in [0.2, 0.25) is 0 Å². The molecule has 5 heteroatoms. The van der Waals surface area contributed by atoms with E-state index in [2.05, 4.69) is 25.9 Å². The minimum atomic E-state index is -0.0581. The van der Waals surface area contributed by atoms with E-state index < -0.39 is 0 Å². The molecule has 1 unspecified atom stereocenters.